The number of hydrogen-bond acceptors (Lipinski definition) is 6. The van der Waals surface area contributed by atoms with E-state index in [0.717, 1.165) is 32.1 Å². The maximum absolute atomic E-state index is 12.5. The third-order valence-electron chi connectivity index (χ3n) is 4.98. The van der Waals surface area contributed by atoms with Crippen LogP contribution in [0.2, 0.25) is 0 Å². The number of amides is 2. The normalized spacial score (nSPS) is 16.8. The van der Waals surface area contributed by atoms with Crippen molar-refractivity contribution in [3.63, 3.8) is 0 Å². The van der Waals surface area contributed by atoms with Gasteiger partial charge in [-0.05, 0) is 58.6 Å². The summed E-state index contributed by atoms with van der Waals surface area (Å²) in [5.41, 5.74) is -0.704. The molecular weight excluding hydrogens is 390 g/mol. The Labute approximate surface area is 176 Å². The first-order valence-electron chi connectivity index (χ1n) is 10.3. The lowest BCUT2D eigenvalue weighted by molar-refractivity contribution is -0.384. The molecule has 2 N–H and O–H groups in total. The van der Waals surface area contributed by atoms with E-state index in [9.17, 15) is 19.7 Å². The summed E-state index contributed by atoms with van der Waals surface area (Å²) in [5.74, 6) is 0.404. The molecule has 2 amide bonds. The van der Waals surface area contributed by atoms with Crippen molar-refractivity contribution in [3.8, 4) is 5.75 Å². The number of nitrogens with zero attached hydrogens (tertiary/aromatic N) is 1. The van der Waals surface area contributed by atoms with E-state index in [1.807, 2.05) is 6.92 Å². The van der Waals surface area contributed by atoms with E-state index in [-0.39, 0.29) is 29.4 Å². The van der Waals surface area contributed by atoms with Crippen LogP contribution in [0.4, 0.5) is 15.3 Å². The minimum atomic E-state index is -0.669. The predicted octanol–water partition coefficient (Wildman–Crippen LogP) is 4.55. The van der Waals surface area contributed by atoms with Gasteiger partial charge in [0.2, 0.25) is 0 Å². The average Bonchev–Trinajstić information content (AvgIpc) is 2.65. The Kier molecular flexibility index (Phi) is 8.02. The molecule has 2 atom stereocenters. The first kappa shape index (κ1) is 23.4. The van der Waals surface area contributed by atoms with Crippen LogP contribution in [0.3, 0.4) is 0 Å². The van der Waals surface area contributed by atoms with E-state index in [1.165, 1.54) is 24.3 Å². The molecule has 2 unspecified atom stereocenters. The molecule has 0 heterocycles. The Hall–Kier alpha value is -2.84. The summed E-state index contributed by atoms with van der Waals surface area (Å²) < 4.78 is 10.6. The average molecular weight is 421 g/mol. The van der Waals surface area contributed by atoms with Gasteiger partial charge in [-0.15, -0.1) is 0 Å². The highest BCUT2D eigenvalue weighted by Crippen LogP contribution is 2.28. The van der Waals surface area contributed by atoms with Gasteiger partial charge in [-0.1, -0.05) is 19.3 Å². The molecule has 1 saturated carbocycles. The fourth-order valence-electron chi connectivity index (χ4n) is 3.64. The Morgan fingerprint density at radius 2 is 1.67 bits per heavy atom. The molecular formula is C21H31N3O6. The largest absolute Gasteiger partial charge is 0.444 e. The van der Waals surface area contributed by atoms with Gasteiger partial charge < -0.3 is 20.1 Å². The quantitative estimate of drug-likeness (QED) is 0.514. The summed E-state index contributed by atoms with van der Waals surface area (Å²) in [4.78, 5) is 34.9. The highest BCUT2D eigenvalue weighted by atomic mass is 16.6. The van der Waals surface area contributed by atoms with Crippen molar-refractivity contribution < 1.29 is 24.0 Å². The summed E-state index contributed by atoms with van der Waals surface area (Å²) >= 11 is 0. The minimum Gasteiger partial charge on any atom is -0.444 e. The molecule has 0 radical (unpaired) electrons. The maximum atomic E-state index is 12.5. The smallest absolute Gasteiger partial charge is 0.412 e. The molecule has 1 aromatic rings. The zero-order valence-corrected chi connectivity index (χ0v) is 18.0. The van der Waals surface area contributed by atoms with Crippen molar-refractivity contribution in [3.05, 3.63) is 34.4 Å². The summed E-state index contributed by atoms with van der Waals surface area (Å²) in [7, 11) is 0. The second-order valence-electron chi connectivity index (χ2n) is 8.64. The summed E-state index contributed by atoms with van der Waals surface area (Å²) in [6.07, 6.45) is 3.98. The number of nitro groups is 1. The zero-order valence-electron chi connectivity index (χ0n) is 18.0. The zero-order chi connectivity index (χ0) is 22.3. The summed E-state index contributed by atoms with van der Waals surface area (Å²) in [6, 6.07) is 4.59. The number of rotatable bonds is 6. The standard InChI is InChI=1S/C21H31N3O6/c1-14(22-20(26)30-21(2,3)4)18(15-8-6-5-7-9-15)23-19(25)29-17-12-10-16(11-13-17)24(27)28/h10-15,18H,5-9H2,1-4H3,(H,22,26)(H,23,25). The Morgan fingerprint density at radius 1 is 1.07 bits per heavy atom. The molecule has 1 aliphatic rings. The molecule has 1 aromatic carbocycles. The molecule has 0 saturated heterocycles. The van der Waals surface area contributed by atoms with Crippen LogP contribution in [0.25, 0.3) is 0 Å². The second kappa shape index (κ2) is 10.3. The third-order valence-corrected chi connectivity index (χ3v) is 4.98. The Bertz CT molecular complexity index is 738. The van der Waals surface area contributed by atoms with E-state index in [4.69, 9.17) is 9.47 Å². The summed E-state index contributed by atoms with van der Waals surface area (Å²) in [6.45, 7) is 7.19. The lowest BCUT2D eigenvalue weighted by Gasteiger charge is -2.35. The van der Waals surface area contributed by atoms with Gasteiger partial charge in [0.1, 0.15) is 11.4 Å². The minimum absolute atomic E-state index is 0.0852. The van der Waals surface area contributed by atoms with Crippen molar-refractivity contribution in [1.29, 1.82) is 0 Å². The van der Waals surface area contributed by atoms with Crippen LogP contribution in [0, 0.1) is 16.0 Å². The van der Waals surface area contributed by atoms with Crippen LogP contribution in [0.1, 0.15) is 59.8 Å². The molecule has 0 spiro atoms. The van der Waals surface area contributed by atoms with Gasteiger partial charge in [0, 0.05) is 18.2 Å². The monoisotopic (exact) mass is 421 g/mol. The number of nitro benzene ring substituents is 1. The lowest BCUT2D eigenvalue weighted by Crippen LogP contribution is -2.55. The van der Waals surface area contributed by atoms with Crippen LogP contribution >= 0.6 is 0 Å². The van der Waals surface area contributed by atoms with Gasteiger partial charge >= 0.3 is 12.2 Å². The molecule has 9 heteroatoms. The van der Waals surface area contributed by atoms with Crippen LogP contribution in [0.15, 0.2) is 24.3 Å². The van der Waals surface area contributed by atoms with Crippen molar-refractivity contribution in [1.82, 2.24) is 10.6 Å². The van der Waals surface area contributed by atoms with E-state index < -0.39 is 22.7 Å². The van der Waals surface area contributed by atoms with Crippen molar-refractivity contribution >= 4 is 17.9 Å². The predicted molar refractivity (Wildman–Crippen MR) is 111 cm³/mol. The molecule has 1 fully saturated rings. The highest BCUT2D eigenvalue weighted by Gasteiger charge is 2.32. The van der Waals surface area contributed by atoms with Gasteiger partial charge in [-0.25, -0.2) is 9.59 Å². The topological polar surface area (TPSA) is 120 Å². The number of non-ortho nitro benzene ring substituents is 1. The highest BCUT2D eigenvalue weighted by molar-refractivity contribution is 5.71. The first-order chi connectivity index (χ1) is 14.0. The lowest BCUT2D eigenvalue weighted by atomic mass is 9.81. The number of carbonyl (C=O) groups is 2. The molecule has 1 aliphatic carbocycles. The molecule has 0 aromatic heterocycles. The molecule has 166 valence electrons. The Balaban J connectivity index is 2.03. The van der Waals surface area contributed by atoms with Crippen molar-refractivity contribution in [2.75, 3.05) is 0 Å². The van der Waals surface area contributed by atoms with E-state index in [1.54, 1.807) is 20.8 Å². The van der Waals surface area contributed by atoms with Crippen LogP contribution in [-0.4, -0.2) is 34.8 Å². The molecule has 9 nitrogen and oxygen atoms in total. The third kappa shape index (κ3) is 7.53. The summed E-state index contributed by atoms with van der Waals surface area (Å²) in [5, 5.41) is 16.4. The number of ether oxygens (including phenoxy) is 2. The molecule has 2 rings (SSSR count). The van der Waals surface area contributed by atoms with Crippen molar-refractivity contribution in [2.45, 2.75) is 77.5 Å². The fraction of sp³-hybridized carbons (Fsp3) is 0.619. The first-order valence-corrected chi connectivity index (χ1v) is 10.3. The van der Waals surface area contributed by atoms with Gasteiger partial charge in [0.25, 0.3) is 5.69 Å². The Morgan fingerprint density at radius 3 is 2.20 bits per heavy atom. The number of nitrogens with one attached hydrogen (secondary N) is 2. The second-order valence-corrected chi connectivity index (χ2v) is 8.64. The van der Waals surface area contributed by atoms with Crippen LogP contribution < -0.4 is 15.4 Å². The maximum Gasteiger partial charge on any atom is 0.412 e. The van der Waals surface area contributed by atoms with Gasteiger partial charge in [-0.2, -0.15) is 0 Å². The van der Waals surface area contributed by atoms with Crippen LogP contribution in [0.5, 0.6) is 5.75 Å². The SMILES string of the molecule is CC(NC(=O)OC(C)(C)C)C(NC(=O)Oc1ccc([N+](=O)[O-])cc1)C1CCCCC1. The van der Waals surface area contributed by atoms with Crippen LogP contribution in [-0.2, 0) is 4.74 Å². The van der Waals surface area contributed by atoms with Crippen molar-refractivity contribution in [2.24, 2.45) is 5.92 Å². The fourth-order valence-corrected chi connectivity index (χ4v) is 3.64. The number of benzene rings is 1. The van der Waals surface area contributed by atoms with E-state index >= 15 is 0 Å². The van der Waals surface area contributed by atoms with Gasteiger partial charge in [-0.3, -0.25) is 10.1 Å². The molecule has 0 bridgehead atoms. The molecule has 30 heavy (non-hydrogen) atoms. The number of alkyl carbamates (subject to hydrolysis) is 1. The molecule has 0 aliphatic heterocycles. The van der Waals surface area contributed by atoms with Gasteiger partial charge in [0.05, 0.1) is 11.0 Å². The number of hydrogen-bond donors (Lipinski definition) is 2. The van der Waals surface area contributed by atoms with E-state index in [2.05, 4.69) is 10.6 Å². The number of carbonyl (C=O) groups excluding carboxylic acids is 2. The van der Waals surface area contributed by atoms with Gasteiger partial charge in [0.15, 0.2) is 0 Å². The van der Waals surface area contributed by atoms with E-state index in [0.29, 0.717) is 0 Å².